The van der Waals surface area contributed by atoms with Crippen molar-refractivity contribution in [3.05, 3.63) is 35.6 Å². The van der Waals surface area contributed by atoms with Gasteiger partial charge >= 0.3 is 77.1 Å². The normalized spacial score (nSPS) is 15.5. The van der Waals surface area contributed by atoms with Crippen molar-refractivity contribution in [1.82, 2.24) is 5.32 Å². The van der Waals surface area contributed by atoms with Crippen LogP contribution in [0.4, 0.5) is 0 Å². The fourth-order valence-corrected chi connectivity index (χ4v) is 3.96. The minimum atomic E-state index is 0.541. The third-order valence-electron chi connectivity index (χ3n) is 1.12. The molecule has 0 aromatic carbocycles. The van der Waals surface area contributed by atoms with Gasteiger partial charge in [0.05, 0.1) is 0 Å². The molecule has 1 aliphatic heterocycles. The molecule has 0 unspecified atom stereocenters. The van der Waals surface area contributed by atoms with Gasteiger partial charge in [-0.3, -0.25) is 0 Å². The zero-order valence-corrected chi connectivity index (χ0v) is 8.78. The number of nitrogens with one attached hydrogen (secondary N) is 1. The predicted molar refractivity (Wildman–Crippen MR) is 53.4 cm³/mol. The van der Waals surface area contributed by atoms with Crippen molar-refractivity contribution in [1.29, 1.82) is 0 Å². The van der Waals surface area contributed by atoms with Gasteiger partial charge < -0.3 is 0 Å². The summed E-state index contributed by atoms with van der Waals surface area (Å²) in [6, 6.07) is 0. The molecule has 0 saturated heterocycles. The van der Waals surface area contributed by atoms with Gasteiger partial charge in [-0.2, -0.15) is 0 Å². The quantitative estimate of drug-likeness (QED) is 0.451. The van der Waals surface area contributed by atoms with Crippen molar-refractivity contribution in [2.24, 2.45) is 0 Å². The molecule has 1 N–H and O–H groups in total. The molecule has 0 aromatic rings. The summed E-state index contributed by atoms with van der Waals surface area (Å²) in [5.74, 6) is 1.06. The van der Waals surface area contributed by atoms with E-state index in [1.54, 1.807) is 0 Å². The Kier molecular flexibility index (Phi) is 4.51. The van der Waals surface area contributed by atoms with Crippen LogP contribution in [0.5, 0.6) is 0 Å². The van der Waals surface area contributed by atoms with Crippen LogP contribution >= 0.6 is 10.2 Å². The van der Waals surface area contributed by atoms with E-state index >= 15 is 0 Å². The Bertz CT molecular complexity index is 187. The van der Waals surface area contributed by atoms with Gasteiger partial charge in [-0.15, -0.1) is 0 Å². The van der Waals surface area contributed by atoms with Gasteiger partial charge in [0.2, 0.25) is 0 Å². The van der Waals surface area contributed by atoms with E-state index in [0.29, 0.717) is 13.8 Å². The fourth-order valence-electron chi connectivity index (χ4n) is 0.647. The molecule has 1 rings (SSSR count). The van der Waals surface area contributed by atoms with Crippen molar-refractivity contribution >= 4 is 24.0 Å². The van der Waals surface area contributed by atoms with Crippen LogP contribution in [0, 0.1) is 0 Å². The van der Waals surface area contributed by atoms with Crippen molar-refractivity contribution in [2.45, 2.75) is 6.42 Å². The fraction of sp³-hybridized carbons (Fsp3) is 0.250. The van der Waals surface area contributed by atoms with E-state index < -0.39 is 0 Å². The molecule has 0 bridgehead atoms. The molecule has 0 fully saturated rings. The van der Waals surface area contributed by atoms with Gasteiger partial charge in [0.25, 0.3) is 0 Å². The molecule has 0 spiro atoms. The first-order valence-corrected chi connectivity index (χ1v) is 7.32. The van der Waals surface area contributed by atoms with Crippen molar-refractivity contribution in [2.75, 3.05) is 5.75 Å². The second-order valence-electron chi connectivity index (χ2n) is 2.01. The van der Waals surface area contributed by atoms with E-state index in [9.17, 15) is 0 Å². The van der Waals surface area contributed by atoms with Gasteiger partial charge in [-0.1, -0.05) is 0 Å². The molecule has 0 atom stereocenters. The summed E-state index contributed by atoms with van der Waals surface area (Å²) in [5, 5.41) is 3.23. The van der Waals surface area contributed by atoms with E-state index in [4.69, 9.17) is 0 Å². The molecule has 1 nitrogen and oxygen atoms in total. The Morgan fingerprint density at radius 2 is 2.73 bits per heavy atom. The average molecular weight is 232 g/mol. The first-order chi connectivity index (χ1) is 5.43. The van der Waals surface area contributed by atoms with Gasteiger partial charge in [0.15, 0.2) is 0 Å². The maximum atomic E-state index is 3.68. The maximum absolute atomic E-state index is 3.68. The molecule has 0 radical (unpaired) electrons. The Morgan fingerprint density at radius 1 is 1.82 bits per heavy atom. The first kappa shape index (κ1) is 8.98. The molecule has 3 heteroatoms. The SMILES string of the molecule is C=CCS[Se]C1=CCC=CN1. The summed E-state index contributed by atoms with van der Waals surface area (Å²) in [7, 11) is 1.94. The molecule has 11 heavy (non-hydrogen) atoms. The van der Waals surface area contributed by atoms with E-state index in [1.807, 2.05) is 22.5 Å². The van der Waals surface area contributed by atoms with Gasteiger partial charge in [-0.25, -0.2) is 0 Å². The van der Waals surface area contributed by atoms with Crippen LogP contribution in [-0.2, 0) is 0 Å². The van der Waals surface area contributed by atoms with Crippen LogP contribution in [-0.4, -0.2) is 19.6 Å². The van der Waals surface area contributed by atoms with Crippen molar-refractivity contribution in [3.8, 4) is 0 Å². The number of rotatable bonds is 4. The summed E-state index contributed by atoms with van der Waals surface area (Å²) >= 11 is 0.541. The summed E-state index contributed by atoms with van der Waals surface area (Å²) < 4.78 is 1.38. The monoisotopic (exact) mass is 233 g/mol. The molecule has 1 heterocycles. The summed E-state index contributed by atoms with van der Waals surface area (Å²) in [6.45, 7) is 3.68. The van der Waals surface area contributed by atoms with Crippen LogP contribution in [0.25, 0.3) is 0 Å². The third kappa shape index (κ3) is 3.71. The zero-order valence-electron chi connectivity index (χ0n) is 6.25. The number of hydrogen-bond acceptors (Lipinski definition) is 2. The van der Waals surface area contributed by atoms with Crippen LogP contribution in [0.2, 0.25) is 0 Å². The summed E-state index contributed by atoms with van der Waals surface area (Å²) in [6.07, 6.45) is 9.42. The number of allylic oxidation sites excluding steroid dienone is 2. The zero-order chi connectivity index (χ0) is 7.94. The average Bonchev–Trinajstić information content (AvgIpc) is 2.07. The molecule has 60 valence electrons. The second kappa shape index (κ2) is 5.53. The van der Waals surface area contributed by atoms with Crippen molar-refractivity contribution < 1.29 is 0 Å². The van der Waals surface area contributed by atoms with Crippen LogP contribution < -0.4 is 5.32 Å². The van der Waals surface area contributed by atoms with Gasteiger partial charge in [0, 0.05) is 0 Å². The summed E-state index contributed by atoms with van der Waals surface area (Å²) in [4.78, 5) is 0. The van der Waals surface area contributed by atoms with E-state index in [2.05, 4.69) is 24.0 Å². The number of dihydropyridines is 1. The minimum absolute atomic E-state index is 0.541. The van der Waals surface area contributed by atoms with Crippen LogP contribution in [0.1, 0.15) is 6.42 Å². The van der Waals surface area contributed by atoms with Crippen LogP contribution in [0.15, 0.2) is 35.6 Å². The Hall–Kier alpha value is -0.111. The molecule has 0 amide bonds. The molecule has 0 aromatic heterocycles. The van der Waals surface area contributed by atoms with Crippen molar-refractivity contribution in [3.63, 3.8) is 0 Å². The summed E-state index contributed by atoms with van der Waals surface area (Å²) in [5.41, 5.74) is 0. The molecule has 0 saturated carbocycles. The Morgan fingerprint density at radius 3 is 3.36 bits per heavy atom. The third-order valence-corrected chi connectivity index (χ3v) is 5.11. The molecule has 0 aliphatic carbocycles. The Balaban J connectivity index is 2.15. The second-order valence-corrected chi connectivity index (χ2v) is 6.20. The Labute approximate surface area is 77.2 Å². The van der Waals surface area contributed by atoms with E-state index in [-0.39, 0.29) is 0 Å². The van der Waals surface area contributed by atoms with Gasteiger partial charge in [0.1, 0.15) is 0 Å². The van der Waals surface area contributed by atoms with E-state index in [0.717, 1.165) is 12.2 Å². The molecule has 1 aliphatic rings. The van der Waals surface area contributed by atoms with Gasteiger partial charge in [-0.05, 0) is 0 Å². The molecular weight excluding hydrogens is 221 g/mol. The first-order valence-electron chi connectivity index (χ1n) is 3.45. The topological polar surface area (TPSA) is 12.0 Å². The standard InChI is InChI=1S/C8H11NSSe/c1-2-7-10-11-8-5-3-4-6-9-8/h2,4-6,9H,1,3,7H2. The molecular formula is C8H11NSSe. The number of hydrogen-bond donors (Lipinski definition) is 1. The predicted octanol–water partition coefficient (Wildman–Crippen LogP) is 1.87. The van der Waals surface area contributed by atoms with Crippen LogP contribution in [0.3, 0.4) is 0 Å². The van der Waals surface area contributed by atoms with E-state index in [1.165, 1.54) is 4.60 Å².